The molecule has 0 radical (unpaired) electrons. The summed E-state index contributed by atoms with van der Waals surface area (Å²) in [5, 5.41) is 6.56. The van der Waals surface area contributed by atoms with Gasteiger partial charge in [0.2, 0.25) is 0 Å². The summed E-state index contributed by atoms with van der Waals surface area (Å²) >= 11 is 2.43. The van der Waals surface area contributed by atoms with Crippen LogP contribution in [-0.4, -0.2) is 17.3 Å². The Morgan fingerprint density at radius 1 is 1.62 bits per heavy atom. The van der Waals surface area contributed by atoms with Gasteiger partial charge in [0, 0.05) is 13.2 Å². The summed E-state index contributed by atoms with van der Waals surface area (Å²) in [5.41, 5.74) is 0. The van der Waals surface area contributed by atoms with Gasteiger partial charge in [-0.2, -0.15) is 0 Å². The topological polar surface area (TPSA) is 24.1 Å². The lowest BCUT2D eigenvalue weighted by Crippen LogP contribution is -2.47. The van der Waals surface area contributed by atoms with Crippen LogP contribution in [0.5, 0.6) is 0 Å². The molecule has 0 aliphatic carbocycles. The van der Waals surface area contributed by atoms with E-state index in [0.29, 0.717) is 4.05 Å². The van der Waals surface area contributed by atoms with Crippen molar-refractivity contribution in [2.75, 3.05) is 13.2 Å². The minimum Gasteiger partial charge on any atom is -0.304 e. The molecule has 0 spiro atoms. The SMILES string of the molecule is CC1CNCNC1I. The van der Waals surface area contributed by atoms with Crippen LogP contribution in [0.2, 0.25) is 0 Å². The Labute approximate surface area is 63.6 Å². The van der Waals surface area contributed by atoms with Crippen LogP contribution in [-0.2, 0) is 0 Å². The van der Waals surface area contributed by atoms with E-state index in [1.807, 2.05) is 0 Å². The van der Waals surface area contributed by atoms with Gasteiger partial charge in [-0.05, 0) is 5.92 Å². The maximum absolute atomic E-state index is 3.31. The third-order valence-electron chi connectivity index (χ3n) is 1.39. The molecule has 1 fully saturated rings. The van der Waals surface area contributed by atoms with Crippen LogP contribution in [0, 0.1) is 5.92 Å². The molecule has 1 rings (SSSR count). The van der Waals surface area contributed by atoms with Crippen molar-refractivity contribution in [3.63, 3.8) is 0 Å². The van der Waals surface area contributed by atoms with E-state index in [1.54, 1.807) is 0 Å². The number of rotatable bonds is 0. The summed E-state index contributed by atoms with van der Waals surface area (Å²) in [6.45, 7) is 4.37. The fourth-order valence-electron chi connectivity index (χ4n) is 0.774. The van der Waals surface area contributed by atoms with Gasteiger partial charge in [-0.15, -0.1) is 0 Å². The van der Waals surface area contributed by atoms with Crippen LogP contribution in [0.3, 0.4) is 0 Å². The van der Waals surface area contributed by atoms with Crippen molar-refractivity contribution in [1.29, 1.82) is 0 Å². The molecule has 2 atom stereocenters. The number of hydrogen-bond acceptors (Lipinski definition) is 2. The first-order chi connectivity index (χ1) is 3.80. The van der Waals surface area contributed by atoms with Crippen molar-refractivity contribution in [2.24, 2.45) is 5.92 Å². The lowest BCUT2D eigenvalue weighted by Gasteiger charge is -2.25. The molecule has 3 heteroatoms. The van der Waals surface area contributed by atoms with E-state index < -0.39 is 0 Å². The zero-order chi connectivity index (χ0) is 5.98. The van der Waals surface area contributed by atoms with Crippen molar-refractivity contribution in [3.05, 3.63) is 0 Å². The lowest BCUT2D eigenvalue weighted by atomic mass is 10.1. The maximum Gasteiger partial charge on any atom is 0.0641 e. The first kappa shape index (κ1) is 6.77. The zero-order valence-electron chi connectivity index (χ0n) is 4.95. The van der Waals surface area contributed by atoms with Crippen LogP contribution < -0.4 is 10.6 Å². The minimum absolute atomic E-state index is 0.661. The van der Waals surface area contributed by atoms with Crippen LogP contribution >= 0.6 is 22.6 Å². The van der Waals surface area contributed by atoms with E-state index in [4.69, 9.17) is 0 Å². The Morgan fingerprint density at radius 3 is 2.75 bits per heavy atom. The number of hydrogen-bond donors (Lipinski definition) is 2. The average molecular weight is 226 g/mol. The second-order valence-corrected chi connectivity index (χ2v) is 3.56. The van der Waals surface area contributed by atoms with Crippen molar-refractivity contribution >= 4 is 22.6 Å². The first-order valence-electron chi connectivity index (χ1n) is 2.89. The van der Waals surface area contributed by atoms with E-state index in [0.717, 1.165) is 19.1 Å². The molecule has 0 saturated carbocycles. The highest BCUT2D eigenvalue weighted by molar-refractivity contribution is 14.1. The van der Waals surface area contributed by atoms with E-state index in [2.05, 4.69) is 40.1 Å². The van der Waals surface area contributed by atoms with Crippen molar-refractivity contribution < 1.29 is 0 Å². The number of alkyl halides is 1. The number of halogens is 1. The first-order valence-corrected chi connectivity index (χ1v) is 4.13. The van der Waals surface area contributed by atoms with Crippen LogP contribution in [0.4, 0.5) is 0 Å². The molecule has 0 bridgehead atoms. The van der Waals surface area contributed by atoms with Crippen LogP contribution in [0.25, 0.3) is 0 Å². The Morgan fingerprint density at radius 2 is 2.38 bits per heavy atom. The Kier molecular flexibility index (Phi) is 2.52. The third-order valence-corrected chi connectivity index (χ3v) is 3.06. The van der Waals surface area contributed by atoms with Gasteiger partial charge in [-0.25, -0.2) is 0 Å². The molecule has 0 aromatic rings. The third kappa shape index (κ3) is 1.56. The van der Waals surface area contributed by atoms with Gasteiger partial charge in [0.05, 0.1) is 4.05 Å². The minimum atomic E-state index is 0.661. The van der Waals surface area contributed by atoms with Gasteiger partial charge in [-0.3, -0.25) is 5.32 Å². The molecule has 0 amide bonds. The lowest BCUT2D eigenvalue weighted by molar-refractivity contribution is 0.383. The number of nitrogens with one attached hydrogen (secondary N) is 2. The summed E-state index contributed by atoms with van der Waals surface area (Å²) < 4.78 is 0.661. The van der Waals surface area contributed by atoms with E-state index in [-0.39, 0.29) is 0 Å². The highest BCUT2D eigenvalue weighted by atomic mass is 127. The quantitative estimate of drug-likeness (QED) is 0.357. The summed E-state index contributed by atoms with van der Waals surface area (Å²) in [4.78, 5) is 0. The molecule has 48 valence electrons. The molecule has 1 aliphatic heterocycles. The highest BCUT2D eigenvalue weighted by Crippen LogP contribution is 2.10. The molecule has 1 saturated heterocycles. The second kappa shape index (κ2) is 2.98. The fraction of sp³-hybridized carbons (Fsp3) is 1.00. The molecule has 8 heavy (non-hydrogen) atoms. The molecule has 1 heterocycles. The standard InChI is InChI=1S/C5H11IN2/c1-4-2-7-3-8-5(4)6/h4-5,7-8H,2-3H2,1H3. The van der Waals surface area contributed by atoms with E-state index in [1.165, 1.54) is 0 Å². The molecule has 1 aliphatic rings. The van der Waals surface area contributed by atoms with Gasteiger partial charge < -0.3 is 5.32 Å². The summed E-state index contributed by atoms with van der Waals surface area (Å²) in [6, 6.07) is 0. The van der Waals surface area contributed by atoms with Gasteiger partial charge in [0.1, 0.15) is 0 Å². The largest absolute Gasteiger partial charge is 0.304 e. The zero-order valence-corrected chi connectivity index (χ0v) is 7.10. The van der Waals surface area contributed by atoms with E-state index in [9.17, 15) is 0 Å². The Bertz CT molecular complexity index is 66.8. The predicted octanol–water partition coefficient (Wildman–Crippen LogP) is 0.534. The normalized spacial score (nSPS) is 39.8. The van der Waals surface area contributed by atoms with Gasteiger partial charge >= 0.3 is 0 Å². The molecule has 2 nitrogen and oxygen atoms in total. The van der Waals surface area contributed by atoms with Gasteiger partial charge in [-0.1, -0.05) is 29.5 Å². The molecule has 2 unspecified atom stereocenters. The average Bonchev–Trinajstić information content (AvgIpc) is 1.77. The molecular weight excluding hydrogens is 215 g/mol. The summed E-state index contributed by atoms with van der Waals surface area (Å²) in [6.07, 6.45) is 0. The molecule has 0 aromatic carbocycles. The molecule has 0 aromatic heterocycles. The van der Waals surface area contributed by atoms with E-state index >= 15 is 0 Å². The van der Waals surface area contributed by atoms with Gasteiger partial charge in [0.15, 0.2) is 0 Å². The maximum atomic E-state index is 3.31. The van der Waals surface area contributed by atoms with Crippen LogP contribution in [0.1, 0.15) is 6.92 Å². The smallest absolute Gasteiger partial charge is 0.0641 e. The Hall–Kier alpha value is 0.650. The fourth-order valence-corrected chi connectivity index (χ4v) is 1.25. The van der Waals surface area contributed by atoms with Crippen molar-refractivity contribution in [1.82, 2.24) is 10.6 Å². The molecule has 2 N–H and O–H groups in total. The second-order valence-electron chi connectivity index (χ2n) is 2.21. The molecular formula is C5H11IN2. The highest BCUT2D eigenvalue weighted by Gasteiger charge is 2.15. The van der Waals surface area contributed by atoms with Gasteiger partial charge in [0.25, 0.3) is 0 Å². The van der Waals surface area contributed by atoms with Crippen LogP contribution in [0.15, 0.2) is 0 Å². The van der Waals surface area contributed by atoms with Crippen molar-refractivity contribution in [2.45, 2.75) is 11.0 Å². The van der Waals surface area contributed by atoms with Crippen molar-refractivity contribution in [3.8, 4) is 0 Å². The Balaban J connectivity index is 2.28. The monoisotopic (exact) mass is 226 g/mol. The predicted molar refractivity (Wildman–Crippen MR) is 43.0 cm³/mol. The summed E-state index contributed by atoms with van der Waals surface area (Å²) in [7, 11) is 0. The summed E-state index contributed by atoms with van der Waals surface area (Å²) in [5.74, 6) is 0.768.